The zero-order valence-corrected chi connectivity index (χ0v) is 12.8. The van der Waals surface area contributed by atoms with E-state index in [4.69, 9.17) is 11.6 Å². The zero-order chi connectivity index (χ0) is 14.8. The lowest BCUT2D eigenvalue weighted by molar-refractivity contribution is 0.403. The van der Waals surface area contributed by atoms with Crippen molar-refractivity contribution in [1.82, 2.24) is 5.32 Å². The maximum atomic E-state index is 13.7. The highest BCUT2D eigenvalue weighted by Gasteiger charge is 2.28. The number of piperidine rings is 1. The highest BCUT2D eigenvalue weighted by Crippen LogP contribution is 2.38. The van der Waals surface area contributed by atoms with Crippen molar-refractivity contribution in [2.45, 2.75) is 25.2 Å². The van der Waals surface area contributed by atoms with E-state index in [2.05, 4.69) is 36.5 Å². The van der Waals surface area contributed by atoms with Gasteiger partial charge in [0.15, 0.2) is 0 Å². The molecular weight excluding hydrogens is 285 g/mol. The molecule has 0 aromatic heterocycles. The van der Waals surface area contributed by atoms with Crippen LogP contribution in [0.15, 0.2) is 42.5 Å². The van der Waals surface area contributed by atoms with Gasteiger partial charge in [-0.05, 0) is 55.1 Å². The van der Waals surface area contributed by atoms with Crippen LogP contribution < -0.4 is 5.32 Å². The van der Waals surface area contributed by atoms with Gasteiger partial charge in [-0.25, -0.2) is 4.39 Å². The molecular formula is C18H19ClFN. The summed E-state index contributed by atoms with van der Waals surface area (Å²) in [6.45, 7) is 3.98. The lowest BCUT2D eigenvalue weighted by Crippen LogP contribution is -2.34. The number of aryl methyl sites for hydroxylation is 1. The second-order valence-electron chi connectivity index (χ2n) is 5.82. The van der Waals surface area contributed by atoms with Gasteiger partial charge in [0.25, 0.3) is 0 Å². The van der Waals surface area contributed by atoms with Crippen molar-refractivity contribution >= 4 is 11.6 Å². The molecule has 1 aliphatic rings. The van der Waals surface area contributed by atoms with Crippen molar-refractivity contribution in [3.05, 3.63) is 70.0 Å². The van der Waals surface area contributed by atoms with E-state index >= 15 is 0 Å². The summed E-state index contributed by atoms with van der Waals surface area (Å²) in [5, 5.41) is 3.93. The fraction of sp³-hybridized carbons (Fsp3) is 0.333. The summed E-state index contributed by atoms with van der Waals surface area (Å²) >= 11 is 6.03. The Hall–Kier alpha value is -1.38. The SMILES string of the molecule is Cc1cccc(C2CNCCC2c2cc(F)cc(Cl)c2)c1. The molecule has 1 nitrogen and oxygen atoms in total. The first-order valence-electron chi connectivity index (χ1n) is 7.37. The highest BCUT2D eigenvalue weighted by atomic mass is 35.5. The third-order valence-corrected chi connectivity index (χ3v) is 4.48. The molecule has 2 unspecified atom stereocenters. The summed E-state index contributed by atoms with van der Waals surface area (Å²) in [6, 6.07) is 13.5. The van der Waals surface area contributed by atoms with Crippen LogP contribution in [0.2, 0.25) is 5.02 Å². The molecule has 2 aromatic rings. The van der Waals surface area contributed by atoms with E-state index in [1.165, 1.54) is 17.2 Å². The molecule has 0 spiro atoms. The first-order chi connectivity index (χ1) is 10.1. The molecule has 0 radical (unpaired) electrons. The molecule has 2 aromatic carbocycles. The maximum absolute atomic E-state index is 13.7. The van der Waals surface area contributed by atoms with E-state index in [1.807, 2.05) is 6.07 Å². The van der Waals surface area contributed by atoms with Gasteiger partial charge >= 0.3 is 0 Å². The average Bonchev–Trinajstić information content (AvgIpc) is 2.46. The number of hydrogen-bond acceptors (Lipinski definition) is 1. The van der Waals surface area contributed by atoms with E-state index in [0.29, 0.717) is 16.9 Å². The first kappa shape index (κ1) is 14.6. The Morgan fingerprint density at radius 2 is 1.95 bits per heavy atom. The minimum absolute atomic E-state index is 0.251. The Morgan fingerprint density at radius 3 is 2.71 bits per heavy atom. The Labute approximate surface area is 130 Å². The predicted octanol–water partition coefficient (Wildman–Crippen LogP) is 4.65. The minimum atomic E-state index is -0.251. The first-order valence-corrected chi connectivity index (χ1v) is 7.74. The molecule has 0 aliphatic carbocycles. The van der Waals surface area contributed by atoms with Crippen LogP contribution in [0.3, 0.4) is 0 Å². The predicted molar refractivity (Wildman–Crippen MR) is 85.6 cm³/mol. The number of hydrogen-bond donors (Lipinski definition) is 1. The van der Waals surface area contributed by atoms with Crippen molar-refractivity contribution in [3.8, 4) is 0 Å². The average molecular weight is 304 g/mol. The van der Waals surface area contributed by atoms with E-state index in [0.717, 1.165) is 25.1 Å². The molecule has 1 fully saturated rings. The second kappa shape index (κ2) is 6.17. The van der Waals surface area contributed by atoms with E-state index in [-0.39, 0.29) is 5.82 Å². The van der Waals surface area contributed by atoms with Crippen LogP contribution in [0.1, 0.15) is 34.9 Å². The molecule has 0 bridgehead atoms. The van der Waals surface area contributed by atoms with Gasteiger partial charge in [-0.3, -0.25) is 0 Å². The lowest BCUT2D eigenvalue weighted by atomic mass is 9.77. The Morgan fingerprint density at radius 1 is 1.10 bits per heavy atom. The minimum Gasteiger partial charge on any atom is -0.316 e. The van der Waals surface area contributed by atoms with Gasteiger partial charge in [0.1, 0.15) is 5.82 Å². The fourth-order valence-corrected chi connectivity index (χ4v) is 3.53. The van der Waals surface area contributed by atoms with Gasteiger partial charge in [0, 0.05) is 17.5 Å². The summed E-state index contributed by atoms with van der Waals surface area (Å²) in [7, 11) is 0. The Balaban J connectivity index is 1.98. The number of halogens is 2. The normalized spacial score (nSPS) is 22.2. The Bertz CT molecular complexity index is 621. The van der Waals surface area contributed by atoms with Crippen LogP contribution in [0.4, 0.5) is 4.39 Å². The molecule has 3 rings (SSSR count). The van der Waals surface area contributed by atoms with Gasteiger partial charge in [0.05, 0.1) is 0 Å². The number of nitrogens with one attached hydrogen (secondary N) is 1. The molecule has 1 N–H and O–H groups in total. The van der Waals surface area contributed by atoms with Gasteiger partial charge in [-0.15, -0.1) is 0 Å². The number of rotatable bonds is 2. The number of benzene rings is 2. The smallest absolute Gasteiger partial charge is 0.124 e. The summed E-state index contributed by atoms with van der Waals surface area (Å²) in [4.78, 5) is 0. The third kappa shape index (κ3) is 3.28. The molecule has 3 heteroatoms. The van der Waals surface area contributed by atoms with Crippen molar-refractivity contribution in [3.63, 3.8) is 0 Å². The Kier molecular flexibility index (Phi) is 4.27. The largest absolute Gasteiger partial charge is 0.316 e. The molecule has 0 amide bonds. The van der Waals surface area contributed by atoms with E-state index in [9.17, 15) is 4.39 Å². The molecule has 2 atom stereocenters. The molecule has 1 heterocycles. The molecule has 1 aliphatic heterocycles. The van der Waals surface area contributed by atoms with Gasteiger partial charge in [-0.1, -0.05) is 41.4 Å². The van der Waals surface area contributed by atoms with Gasteiger partial charge < -0.3 is 5.32 Å². The van der Waals surface area contributed by atoms with Crippen LogP contribution in [-0.4, -0.2) is 13.1 Å². The van der Waals surface area contributed by atoms with Crippen molar-refractivity contribution in [2.75, 3.05) is 13.1 Å². The molecule has 110 valence electrons. The van der Waals surface area contributed by atoms with Crippen LogP contribution in [0, 0.1) is 12.7 Å². The molecule has 21 heavy (non-hydrogen) atoms. The standard InChI is InChI=1S/C18H19ClFN/c1-12-3-2-4-13(7-12)18-11-21-6-5-17(18)14-8-15(19)10-16(20)9-14/h2-4,7-10,17-18,21H,5-6,11H2,1H3. The van der Waals surface area contributed by atoms with Crippen LogP contribution in [0.5, 0.6) is 0 Å². The maximum Gasteiger partial charge on any atom is 0.124 e. The van der Waals surface area contributed by atoms with Crippen LogP contribution >= 0.6 is 11.6 Å². The summed E-state index contributed by atoms with van der Waals surface area (Å²) in [6.07, 6.45) is 0.998. The lowest BCUT2D eigenvalue weighted by Gasteiger charge is -2.33. The highest BCUT2D eigenvalue weighted by molar-refractivity contribution is 6.30. The fourth-order valence-electron chi connectivity index (χ4n) is 3.30. The summed E-state index contributed by atoms with van der Waals surface area (Å²) in [5.41, 5.74) is 3.58. The zero-order valence-electron chi connectivity index (χ0n) is 12.1. The monoisotopic (exact) mass is 303 g/mol. The van der Waals surface area contributed by atoms with Crippen LogP contribution in [-0.2, 0) is 0 Å². The van der Waals surface area contributed by atoms with Gasteiger partial charge in [-0.2, -0.15) is 0 Å². The topological polar surface area (TPSA) is 12.0 Å². The van der Waals surface area contributed by atoms with Crippen molar-refractivity contribution in [2.24, 2.45) is 0 Å². The summed E-state index contributed by atoms with van der Waals surface area (Å²) < 4.78 is 13.7. The van der Waals surface area contributed by atoms with Crippen molar-refractivity contribution in [1.29, 1.82) is 0 Å². The van der Waals surface area contributed by atoms with Gasteiger partial charge in [0.2, 0.25) is 0 Å². The quantitative estimate of drug-likeness (QED) is 0.851. The molecule has 1 saturated heterocycles. The summed E-state index contributed by atoms with van der Waals surface area (Å²) in [5.74, 6) is 0.414. The van der Waals surface area contributed by atoms with E-state index in [1.54, 1.807) is 6.07 Å². The second-order valence-corrected chi connectivity index (χ2v) is 6.26. The third-order valence-electron chi connectivity index (χ3n) is 4.27. The van der Waals surface area contributed by atoms with E-state index < -0.39 is 0 Å². The van der Waals surface area contributed by atoms with Crippen LogP contribution in [0.25, 0.3) is 0 Å². The molecule has 0 saturated carbocycles. The van der Waals surface area contributed by atoms with Crippen molar-refractivity contribution < 1.29 is 4.39 Å².